The molecule has 0 N–H and O–H groups in total. The zero-order valence-electron chi connectivity index (χ0n) is 20.5. The van der Waals surface area contributed by atoms with Crippen LogP contribution in [-0.2, 0) is 10.0 Å². The van der Waals surface area contributed by atoms with Gasteiger partial charge in [0.05, 0.1) is 19.1 Å². The molecule has 0 saturated carbocycles. The van der Waals surface area contributed by atoms with E-state index in [-0.39, 0.29) is 0 Å². The Balaban J connectivity index is 1.51. The Hall–Kier alpha value is -3.70. The normalized spacial score (nSPS) is 15.1. The maximum absolute atomic E-state index is 13.4. The summed E-state index contributed by atoms with van der Waals surface area (Å²) < 4.78 is 40.9. The first-order valence-electron chi connectivity index (χ1n) is 11.7. The van der Waals surface area contributed by atoms with E-state index in [1.165, 1.54) is 6.33 Å². The minimum absolute atomic E-state index is 0.324. The summed E-state index contributed by atoms with van der Waals surface area (Å²) in [6, 6.07) is 12.7. The molecule has 0 spiro atoms. The molecule has 0 atom stereocenters. The van der Waals surface area contributed by atoms with Gasteiger partial charge in [-0.25, -0.2) is 13.4 Å². The highest BCUT2D eigenvalue weighted by atomic mass is 32.2. The van der Waals surface area contributed by atoms with Gasteiger partial charge in [0, 0.05) is 37.9 Å². The Morgan fingerprint density at radius 2 is 1.75 bits per heavy atom. The van der Waals surface area contributed by atoms with Crippen molar-refractivity contribution in [1.29, 1.82) is 0 Å². The Labute approximate surface area is 210 Å². The molecule has 0 bridgehead atoms. The van der Waals surface area contributed by atoms with Crippen molar-refractivity contribution in [2.24, 2.45) is 0 Å². The van der Waals surface area contributed by atoms with Crippen LogP contribution in [-0.4, -0.2) is 72.7 Å². The van der Waals surface area contributed by atoms with Gasteiger partial charge < -0.3 is 14.4 Å². The number of anilines is 1. The molecule has 188 valence electrons. The van der Waals surface area contributed by atoms with Gasteiger partial charge in [0.15, 0.2) is 11.5 Å². The molecule has 5 rings (SSSR count). The molecule has 2 aromatic carbocycles. The van der Waals surface area contributed by atoms with Crippen LogP contribution in [0.5, 0.6) is 11.5 Å². The zero-order valence-corrected chi connectivity index (χ0v) is 21.3. The number of aromatic nitrogens is 4. The van der Waals surface area contributed by atoms with Gasteiger partial charge in [0.1, 0.15) is 12.1 Å². The number of methoxy groups -OCH3 is 2. The van der Waals surface area contributed by atoms with Crippen molar-refractivity contribution in [3.8, 4) is 22.6 Å². The third kappa shape index (κ3) is 4.35. The van der Waals surface area contributed by atoms with Crippen LogP contribution in [0.15, 0.2) is 59.9 Å². The van der Waals surface area contributed by atoms with E-state index < -0.39 is 10.0 Å². The van der Waals surface area contributed by atoms with Crippen LogP contribution in [0.1, 0.15) is 12.0 Å². The van der Waals surface area contributed by atoms with Gasteiger partial charge in [-0.3, -0.25) is 0 Å². The summed E-state index contributed by atoms with van der Waals surface area (Å²) in [5, 5.41) is 4.43. The summed E-state index contributed by atoms with van der Waals surface area (Å²) in [5.74, 6) is 2.51. The predicted octanol–water partition coefficient (Wildman–Crippen LogP) is 3.02. The predicted molar refractivity (Wildman–Crippen MR) is 136 cm³/mol. The quantitative estimate of drug-likeness (QED) is 0.392. The molecule has 0 amide bonds. The topological polar surface area (TPSA) is 102 Å². The summed E-state index contributed by atoms with van der Waals surface area (Å²) in [6.45, 7) is 3.82. The van der Waals surface area contributed by atoms with Crippen LogP contribution < -0.4 is 14.4 Å². The van der Waals surface area contributed by atoms with Gasteiger partial charge in [-0.15, -0.1) is 0 Å². The molecule has 0 unspecified atom stereocenters. The number of hydrogen-bond donors (Lipinski definition) is 0. The summed E-state index contributed by atoms with van der Waals surface area (Å²) in [6.07, 6.45) is 3.90. The van der Waals surface area contributed by atoms with Gasteiger partial charge in [-0.05, 0) is 48.7 Å². The molecule has 10 nitrogen and oxygen atoms in total. The number of benzene rings is 2. The molecule has 3 heterocycles. The number of aryl methyl sites for hydroxylation is 1. The summed E-state index contributed by atoms with van der Waals surface area (Å²) in [7, 11) is -0.401. The maximum Gasteiger partial charge on any atom is 0.254 e. The molecule has 1 fully saturated rings. The molecule has 1 aliphatic heterocycles. The molecule has 4 aromatic rings. The van der Waals surface area contributed by atoms with E-state index in [1.807, 2.05) is 31.2 Å². The molecule has 2 aromatic heterocycles. The maximum atomic E-state index is 13.4. The summed E-state index contributed by atoms with van der Waals surface area (Å²) >= 11 is 0. The van der Waals surface area contributed by atoms with Crippen LogP contribution in [0.4, 0.5) is 5.82 Å². The molecule has 0 aliphatic carbocycles. The van der Waals surface area contributed by atoms with E-state index in [1.54, 1.807) is 47.4 Å². The van der Waals surface area contributed by atoms with Gasteiger partial charge in [-0.1, -0.05) is 18.2 Å². The Morgan fingerprint density at radius 1 is 0.917 bits per heavy atom. The summed E-state index contributed by atoms with van der Waals surface area (Å²) in [5.41, 5.74) is 2.63. The average molecular weight is 509 g/mol. The Bertz CT molecular complexity index is 1500. The molecule has 0 radical (unpaired) electrons. The first-order valence-corrected chi connectivity index (χ1v) is 13.1. The minimum atomic E-state index is -3.60. The van der Waals surface area contributed by atoms with Gasteiger partial charge in [0.25, 0.3) is 5.78 Å². The van der Waals surface area contributed by atoms with Gasteiger partial charge in [0.2, 0.25) is 10.0 Å². The highest BCUT2D eigenvalue weighted by Crippen LogP contribution is 2.37. The zero-order chi connectivity index (χ0) is 25.3. The van der Waals surface area contributed by atoms with Crippen molar-refractivity contribution in [3.63, 3.8) is 0 Å². The van der Waals surface area contributed by atoms with E-state index in [9.17, 15) is 8.42 Å². The lowest BCUT2D eigenvalue weighted by Gasteiger charge is -2.26. The lowest BCUT2D eigenvalue weighted by atomic mass is 10.1. The monoisotopic (exact) mass is 508 g/mol. The number of ether oxygens (including phenoxy) is 2. The number of rotatable bonds is 6. The molecular formula is C25H28N6O4S. The number of fused-ring (bicyclic) bond motifs is 1. The van der Waals surface area contributed by atoms with Crippen molar-refractivity contribution in [1.82, 2.24) is 23.9 Å². The first-order chi connectivity index (χ1) is 17.4. The second-order valence-electron chi connectivity index (χ2n) is 8.60. The fraction of sp³-hybridized carbons (Fsp3) is 0.320. The average Bonchev–Trinajstić information content (AvgIpc) is 3.23. The molecule has 1 saturated heterocycles. The second-order valence-corrected chi connectivity index (χ2v) is 10.5. The van der Waals surface area contributed by atoms with E-state index in [2.05, 4.69) is 20.0 Å². The van der Waals surface area contributed by atoms with E-state index in [0.29, 0.717) is 54.8 Å². The molecule has 11 heteroatoms. The first kappa shape index (κ1) is 24.0. The van der Waals surface area contributed by atoms with Crippen LogP contribution in [0.25, 0.3) is 16.9 Å². The molecule has 36 heavy (non-hydrogen) atoms. The second kappa shape index (κ2) is 9.75. The van der Waals surface area contributed by atoms with Crippen LogP contribution in [0, 0.1) is 6.92 Å². The van der Waals surface area contributed by atoms with Crippen molar-refractivity contribution in [2.45, 2.75) is 18.2 Å². The van der Waals surface area contributed by atoms with Crippen LogP contribution in [0.3, 0.4) is 0 Å². The number of nitrogens with zero attached hydrogens (tertiary/aromatic N) is 6. The van der Waals surface area contributed by atoms with Crippen molar-refractivity contribution in [3.05, 3.63) is 60.6 Å². The van der Waals surface area contributed by atoms with Crippen LogP contribution in [0.2, 0.25) is 0 Å². The van der Waals surface area contributed by atoms with Gasteiger partial charge in [-0.2, -0.15) is 18.9 Å². The Kier molecular flexibility index (Phi) is 6.50. The van der Waals surface area contributed by atoms with Gasteiger partial charge >= 0.3 is 0 Å². The fourth-order valence-corrected chi connectivity index (χ4v) is 6.12. The smallest absolute Gasteiger partial charge is 0.254 e. The van der Waals surface area contributed by atoms with Crippen LogP contribution >= 0.6 is 0 Å². The lowest BCUT2D eigenvalue weighted by molar-refractivity contribution is 0.355. The third-order valence-electron chi connectivity index (χ3n) is 6.36. The van der Waals surface area contributed by atoms with E-state index in [0.717, 1.165) is 22.5 Å². The number of sulfonamides is 1. The minimum Gasteiger partial charge on any atom is -0.493 e. The third-order valence-corrected chi connectivity index (χ3v) is 8.25. The molecule has 1 aliphatic rings. The largest absolute Gasteiger partial charge is 0.493 e. The molecular weight excluding hydrogens is 480 g/mol. The van der Waals surface area contributed by atoms with Crippen molar-refractivity contribution >= 4 is 21.6 Å². The van der Waals surface area contributed by atoms with E-state index >= 15 is 0 Å². The fourth-order valence-electron chi connectivity index (χ4n) is 4.55. The highest BCUT2D eigenvalue weighted by molar-refractivity contribution is 7.89. The summed E-state index contributed by atoms with van der Waals surface area (Å²) in [4.78, 5) is 11.2. The highest BCUT2D eigenvalue weighted by Gasteiger charge is 2.29. The van der Waals surface area contributed by atoms with E-state index in [4.69, 9.17) is 9.47 Å². The standard InChI is InChI=1S/C25H28N6O4S/c1-18-6-4-7-20(14-18)36(32,33)30-11-5-10-29(12-13-30)24-21(16-26-25-27-17-28-31(24)25)19-8-9-22(34-2)23(15-19)35-3/h4,6-9,14-17H,5,10-13H2,1-3H3. The lowest BCUT2D eigenvalue weighted by Crippen LogP contribution is -2.36. The SMILES string of the molecule is COc1ccc(-c2cnc3ncnn3c2N2CCCN(S(=O)(=O)c3cccc(C)c3)CC2)cc1OC. The number of hydrogen-bond acceptors (Lipinski definition) is 8. The Morgan fingerprint density at radius 3 is 2.53 bits per heavy atom. The van der Waals surface area contributed by atoms with Crippen molar-refractivity contribution < 1.29 is 17.9 Å². The van der Waals surface area contributed by atoms with Crippen molar-refractivity contribution in [2.75, 3.05) is 45.3 Å².